The molecule has 1 fully saturated rings. The van der Waals surface area contributed by atoms with Crippen molar-refractivity contribution in [3.8, 4) is 0 Å². The van der Waals surface area contributed by atoms with Crippen LogP contribution in [0.4, 0.5) is 16.2 Å². The molecule has 2 rings (SSSR count). The summed E-state index contributed by atoms with van der Waals surface area (Å²) in [5.41, 5.74) is 0. The van der Waals surface area contributed by atoms with Gasteiger partial charge in [-0.3, -0.25) is 4.79 Å². The van der Waals surface area contributed by atoms with Crippen molar-refractivity contribution < 1.29 is 9.18 Å². The third-order valence-electron chi connectivity index (χ3n) is 2.88. The molecular formula is C12H18FN5O. The van der Waals surface area contributed by atoms with Crippen molar-refractivity contribution in [2.24, 2.45) is 0 Å². The van der Waals surface area contributed by atoms with Crippen molar-refractivity contribution in [1.82, 2.24) is 15.3 Å². The van der Waals surface area contributed by atoms with Gasteiger partial charge in [-0.2, -0.15) is 4.98 Å². The number of nitrogens with zero attached hydrogens (tertiary/aromatic N) is 2. The summed E-state index contributed by atoms with van der Waals surface area (Å²) in [5, 5.41) is 8.72. The normalized spacial score (nSPS) is 18.2. The highest BCUT2D eigenvalue weighted by atomic mass is 19.1. The summed E-state index contributed by atoms with van der Waals surface area (Å²) in [6, 6.07) is 0.0360. The second-order valence-corrected chi connectivity index (χ2v) is 4.50. The first-order valence-electron chi connectivity index (χ1n) is 6.48. The van der Waals surface area contributed by atoms with Crippen LogP contribution < -0.4 is 16.0 Å². The van der Waals surface area contributed by atoms with Crippen LogP contribution in [0.25, 0.3) is 0 Å². The molecule has 6 nitrogen and oxygen atoms in total. The van der Waals surface area contributed by atoms with Crippen molar-refractivity contribution in [1.29, 1.82) is 0 Å². The predicted octanol–water partition coefficient (Wildman–Crippen LogP) is 1.13. The summed E-state index contributed by atoms with van der Waals surface area (Å²) >= 11 is 0. The standard InChI is InChI=1S/C12H18FN5O/c1-2-5-14-12-16-7-9(13)11(18-12)15-6-8-3-4-10(19)17-8/h7-8H,2-6H2,1H3,(H,17,19)(H2,14,15,16,18). The molecule has 0 radical (unpaired) electrons. The van der Waals surface area contributed by atoms with E-state index in [2.05, 4.69) is 25.9 Å². The summed E-state index contributed by atoms with van der Waals surface area (Å²) in [4.78, 5) is 19.0. The van der Waals surface area contributed by atoms with Gasteiger partial charge in [0.25, 0.3) is 0 Å². The van der Waals surface area contributed by atoms with Crippen LogP contribution in [0, 0.1) is 5.82 Å². The topological polar surface area (TPSA) is 78.9 Å². The first-order valence-corrected chi connectivity index (χ1v) is 6.48. The molecule has 1 aliphatic heterocycles. The molecule has 0 aromatic carbocycles. The second kappa shape index (κ2) is 6.31. The maximum absolute atomic E-state index is 13.5. The molecular weight excluding hydrogens is 249 g/mol. The average molecular weight is 267 g/mol. The number of hydrogen-bond donors (Lipinski definition) is 3. The first kappa shape index (κ1) is 13.5. The lowest BCUT2D eigenvalue weighted by Crippen LogP contribution is -2.32. The lowest BCUT2D eigenvalue weighted by atomic mass is 10.2. The van der Waals surface area contributed by atoms with E-state index in [1.165, 1.54) is 0 Å². The van der Waals surface area contributed by atoms with Gasteiger partial charge in [0, 0.05) is 25.6 Å². The number of amides is 1. The fourth-order valence-electron chi connectivity index (χ4n) is 1.86. The smallest absolute Gasteiger partial charge is 0.224 e. The molecule has 1 aromatic rings. The number of nitrogens with one attached hydrogen (secondary N) is 3. The van der Waals surface area contributed by atoms with Gasteiger partial charge < -0.3 is 16.0 Å². The van der Waals surface area contributed by atoms with E-state index in [1.807, 2.05) is 6.92 Å². The highest BCUT2D eigenvalue weighted by molar-refractivity contribution is 5.78. The third-order valence-corrected chi connectivity index (χ3v) is 2.88. The summed E-state index contributed by atoms with van der Waals surface area (Å²) in [6.07, 6.45) is 3.37. The van der Waals surface area contributed by atoms with Gasteiger partial charge in [0.05, 0.1) is 6.20 Å². The zero-order chi connectivity index (χ0) is 13.7. The van der Waals surface area contributed by atoms with Crippen molar-refractivity contribution in [2.75, 3.05) is 23.7 Å². The highest BCUT2D eigenvalue weighted by Crippen LogP contribution is 2.13. The summed E-state index contributed by atoms with van der Waals surface area (Å²) in [6.45, 7) is 3.23. The van der Waals surface area contributed by atoms with Crippen molar-refractivity contribution in [3.05, 3.63) is 12.0 Å². The van der Waals surface area contributed by atoms with Gasteiger partial charge in [0.15, 0.2) is 11.6 Å². The van der Waals surface area contributed by atoms with Gasteiger partial charge in [-0.05, 0) is 12.8 Å². The van der Waals surface area contributed by atoms with Crippen molar-refractivity contribution >= 4 is 17.7 Å². The molecule has 1 aromatic heterocycles. The Bertz CT molecular complexity index is 454. The molecule has 19 heavy (non-hydrogen) atoms. The Balaban J connectivity index is 1.92. The van der Waals surface area contributed by atoms with Gasteiger partial charge in [-0.25, -0.2) is 9.37 Å². The monoisotopic (exact) mass is 267 g/mol. The molecule has 2 heterocycles. The number of anilines is 2. The minimum atomic E-state index is -0.494. The number of hydrogen-bond acceptors (Lipinski definition) is 5. The van der Waals surface area contributed by atoms with Crippen molar-refractivity contribution in [2.45, 2.75) is 32.2 Å². The van der Waals surface area contributed by atoms with Gasteiger partial charge in [0.1, 0.15) is 0 Å². The molecule has 0 spiro atoms. The lowest BCUT2D eigenvalue weighted by Gasteiger charge is -2.13. The van der Waals surface area contributed by atoms with E-state index in [-0.39, 0.29) is 17.8 Å². The van der Waals surface area contributed by atoms with E-state index in [1.54, 1.807) is 0 Å². The molecule has 1 amide bonds. The summed E-state index contributed by atoms with van der Waals surface area (Å²) < 4.78 is 13.5. The number of halogens is 1. The summed E-state index contributed by atoms with van der Waals surface area (Å²) in [5.74, 6) is 0.114. The fraction of sp³-hybridized carbons (Fsp3) is 0.583. The van der Waals surface area contributed by atoms with Gasteiger partial charge in [-0.15, -0.1) is 0 Å². The Morgan fingerprint density at radius 1 is 1.53 bits per heavy atom. The maximum Gasteiger partial charge on any atom is 0.224 e. The van der Waals surface area contributed by atoms with Gasteiger partial charge >= 0.3 is 0 Å². The van der Waals surface area contributed by atoms with E-state index in [0.717, 1.165) is 25.6 Å². The molecule has 1 saturated heterocycles. The van der Waals surface area contributed by atoms with Crippen LogP contribution in [0.3, 0.4) is 0 Å². The Kier molecular flexibility index (Phi) is 4.48. The van der Waals surface area contributed by atoms with E-state index in [4.69, 9.17) is 0 Å². The molecule has 0 aliphatic carbocycles. The zero-order valence-electron chi connectivity index (χ0n) is 10.9. The highest BCUT2D eigenvalue weighted by Gasteiger charge is 2.20. The molecule has 104 valence electrons. The van der Waals surface area contributed by atoms with Crippen LogP contribution in [0.5, 0.6) is 0 Å². The van der Waals surface area contributed by atoms with Gasteiger partial charge in [0.2, 0.25) is 11.9 Å². The Labute approximate surface area is 111 Å². The number of rotatable bonds is 6. The SMILES string of the molecule is CCCNc1ncc(F)c(NCC2CCC(=O)N2)n1. The molecule has 1 aliphatic rings. The summed E-state index contributed by atoms with van der Waals surface area (Å²) in [7, 11) is 0. The second-order valence-electron chi connectivity index (χ2n) is 4.50. The fourth-order valence-corrected chi connectivity index (χ4v) is 1.86. The molecule has 0 saturated carbocycles. The molecule has 0 bridgehead atoms. The molecule has 7 heteroatoms. The lowest BCUT2D eigenvalue weighted by molar-refractivity contribution is -0.119. The van der Waals surface area contributed by atoms with E-state index >= 15 is 0 Å². The zero-order valence-corrected chi connectivity index (χ0v) is 10.9. The Morgan fingerprint density at radius 3 is 3.05 bits per heavy atom. The minimum Gasteiger partial charge on any atom is -0.365 e. The van der Waals surface area contributed by atoms with Crippen LogP contribution in [-0.4, -0.2) is 35.0 Å². The molecule has 3 N–H and O–H groups in total. The first-order chi connectivity index (χ1) is 9.19. The Hall–Kier alpha value is -1.92. The number of carbonyl (C=O) groups is 1. The van der Waals surface area contributed by atoms with Gasteiger partial charge in [-0.1, -0.05) is 6.92 Å². The van der Waals surface area contributed by atoms with Crippen LogP contribution in [0.15, 0.2) is 6.20 Å². The average Bonchev–Trinajstić information content (AvgIpc) is 2.82. The molecule has 1 unspecified atom stereocenters. The number of aromatic nitrogens is 2. The van der Waals surface area contributed by atoms with Crippen molar-refractivity contribution in [3.63, 3.8) is 0 Å². The predicted molar refractivity (Wildman–Crippen MR) is 70.4 cm³/mol. The minimum absolute atomic E-state index is 0.0360. The maximum atomic E-state index is 13.5. The Morgan fingerprint density at radius 2 is 2.37 bits per heavy atom. The largest absolute Gasteiger partial charge is 0.365 e. The molecule has 1 atom stereocenters. The van der Waals surface area contributed by atoms with Crippen LogP contribution >= 0.6 is 0 Å². The van der Waals surface area contributed by atoms with E-state index < -0.39 is 5.82 Å². The van der Waals surface area contributed by atoms with E-state index in [9.17, 15) is 9.18 Å². The third kappa shape index (κ3) is 3.77. The number of carbonyl (C=O) groups excluding carboxylic acids is 1. The van der Waals surface area contributed by atoms with E-state index in [0.29, 0.717) is 18.9 Å². The van der Waals surface area contributed by atoms with Crippen LogP contribution in [-0.2, 0) is 4.79 Å². The van der Waals surface area contributed by atoms with Crippen LogP contribution in [0.1, 0.15) is 26.2 Å². The van der Waals surface area contributed by atoms with Crippen LogP contribution in [0.2, 0.25) is 0 Å². The quantitative estimate of drug-likeness (QED) is 0.720.